The van der Waals surface area contributed by atoms with Crippen LogP contribution in [0.15, 0.2) is 72.8 Å². The van der Waals surface area contributed by atoms with Gasteiger partial charge in [0.1, 0.15) is 0 Å². The first-order valence-electron chi connectivity index (χ1n) is 11.0. The maximum Gasteiger partial charge on any atom is 0.338 e. The number of nitrogens with one attached hydrogen (secondary N) is 1. The molecule has 4 nitrogen and oxygen atoms in total. The fourth-order valence-corrected chi connectivity index (χ4v) is 3.86. The van der Waals surface area contributed by atoms with Crippen LogP contribution in [0.5, 0.6) is 0 Å². The Bertz CT molecular complexity index is 1020. The third-order valence-electron chi connectivity index (χ3n) is 5.37. The average molecular weight is 452 g/mol. The molecule has 0 saturated carbocycles. The molecule has 3 rings (SSSR count). The molecule has 0 aromatic heterocycles. The number of aliphatic hydroxyl groups excluding tert-OH is 1. The van der Waals surface area contributed by atoms with E-state index in [0.717, 1.165) is 23.1 Å². The first-order valence-corrected chi connectivity index (χ1v) is 11.3. The van der Waals surface area contributed by atoms with E-state index < -0.39 is 6.10 Å². The Morgan fingerprint density at radius 1 is 1.03 bits per heavy atom. The van der Waals surface area contributed by atoms with E-state index in [1.165, 1.54) is 5.56 Å². The molecular formula is C27H30ClNO3. The highest BCUT2D eigenvalue weighted by Gasteiger charge is 2.13. The van der Waals surface area contributed by atoms with Crippen molar-refractivity contribution in [3.8, 4) is 0 Å². The van der Waals surface area contributed by atoms with E-state index in [0.29, 0.717) is 30.2 Å². The van der Waals surface area contributed by atoms with Gasteiger partial charge >= 0.3 is 5.97 Å². The van der Waals surface area contributed by atoms with Gasteiger partial charge < -0.3 is 15.2 Å². The quantitative estimate of drug-likeness (QED) is 0.407. The van der Waals surface area contributed by atoms with Crippen molar-refractivity contribution in [3.63, 3.8) is 0 Å². The zero-order chi connectivity index (χ0) is 22.9. The molecule has 0 aliphatic carbocycles. The molecule has 0 heterocycles. The normalized spacial score (nSPS) is 12.9. The van der Waals surface area contributed by atoms with Gasteiger partial charge in [-0.3, -0.25) is 0 Å². The molecule has 2 unspecified atom stereocenters. The standard InChI is InChI=1S/C27H30ClNO3/c1-3-32-27(31)25-10-5-4-7-22(25)16-21-13-11-20(12-14-21)15-19(2)29-18-26(30)23-8-6-9-24(28)17-23/h4-14,17,19,26,29-30H,3,15-16,18H2,1-2H3. The summed E-state index contributed by atoms with van der Waals surface area (Å²) in [6.07, 6.45) is 0.926. The minimum Gasteiger partial charge on any atom is -0.462 e. The fraction of sp³-hybridized carbons (Fsp3) is 0.296. The van der Waals surface area contributed by atoms with Crippen LogP contribution in [0, 0.1) is 0 Å². The summed E-state index contributed by atoms with van der Waals surface area (Å²) in [7, 11) is 0. The molecule has 0 fully saturated rings. The molecule has 32 heavy (non-hydrogen) atoms. The van der Waals surface area contributed by atoms with Gasteiger partial charge in [-0.15, -0.1) is 0 Å². The molecule has 0 spiro atoms. The summed E-state index contributed by atoms with van der Waals surface area (Å²) in [5.41, 5.74) is 4.75. The summed E-state index contributed by atoms with van der Waals surface area (Å²) < 4.78 is 5.17. The van der Waals surface area contributed by atoms with Crippen LogP contribution in [-0.2, 0) is 17.6 Å². The Labute approximate surface area is 195 Å². The minimum absolute atomic E-state index is 0.208. The number of esters is 1. The maximum atomic E-state index is 12.2. The molecule has 0 saturated heterocycles. The number of hydrogen-bond donors (Lipinski definition) is 2. The Morgan fingerprint density at radius 3 is 2.47 bits per heavy atom. The van der Waals surface area contributed by atoms with Crippen LogP contribution >= 0.6 is 11.6 Å². The SMILES string of the molecule is CCOC(=O)c1ccccc1Cc1ccc(CC(C)NCC(O)c2cccc(Cl)c2)cc1. The molecular weight excluding hydrogens is 422 g/mol. The third kappa shape index (κ3) is 6.92. The zero-order valence-electron chi connectivity index (χ0n) is 18.6. The fourth-order valence-electron chi connectivity index (χ4n) is 3.67. The number of carbonyl (C=O) groups excluding carboxylic acids is 1. The number of rotatable bonds is 10. The number of benzene rings is 3. The van der Waals surface area contributed by atoms with Gasteiger partial charge in [0.05, 0.1) is 18.3 Å². The molecule has 3 aromatic rings. The molecule has 2 N–H and O–H groups in total. The first-order chi connectivity index (χ1) is 15.5. The van der Waals surface area contributed by atoms with Crippen LogP contribution < -0.4 is 5.32 Å². The summed E-state index contributed by atoms with van der Waals surface area (Å²) in [6.45, 7) is 4.75. The highest BCUT2D eigenvalue weighted by molar-refractivity contribution is 6.30. The van der Waals surface area contributed by atoms with Gasteiger partial charge in [0.15, 0.2) is 0 Å². The maximum absolute atomic E-state index is 12.2. The number of aliphatic hydroxyl groups is 1. The second-order valence-corrected chi connectivity index (χ2v) is 8.39. The lowest BCUT2D eigenvalue weighted by molar-refractivity contribution is 0.0525. The van der Waals surface area contributed by atoms with Crippen molar-refractivity contribution in [2.75, 3.05) is 13.2 Å². The van der Waals surface area contributed by atoms with Crippen LogP contribution in [0.25, 0.3) is 0 Å². The Hall–Kier alpha value is -2.66. The molecule has 2 atom stereocenters. The van der Waals surface area contributed by atoms with E-state index in [1.807, 2.05) is 43.3 Å². The molecule has 0 amide bonds. The van der Waals surface area contributed by atoms with Gasteiger partial charge in [-0.2, -0.15) is 0 Å². The molecule has 5 heteroatoms. The lowest BCUT2D eigenvalue weighted by Gasteiger charge is -2.18. The number of hydrogen-bond acceptors (Lipinski definition) is 4. The number of ether oxygens (including phenoxy) is 1. The van der Waals surface area contributed by atoms with Gasteiger partial charge in [-0.05, 0) is 67.1 Å². The van der Waals surface area contributed by atoms with Gasteiger partial charge in [0.25, 0.3) is 0 Å². The van der Waals surface area contributed by atoms with Gasteiger partial charge in [0.2, 0.25) is 0 Å². The predicted octanol–water partition coefficient (Wildman–Crippen LogP) is 5.36. The van der Waals surface area contributed by atoms with E-state index in [4.69, 9.17) is 16.3 Å². The lowest BCUT2D eigenvalue weighted by atomic mass is 9.98. The van der Waals surface area contributed by atoms with Crippen molar-refractivity contribution in [1.82, 2.24) is 5.32 Å². The lowest BCUT2D eigenvalue weighted by Crippen LogP contribution is -2.32. The van der Waals surface area contributed by atoms with Crippen LogP contribution in [0.2, 0.25) is 5.02 Å². The summed E-state index contributed by atoms with van der Waals surface area (Å²) in [4.78, 5) is 12.2. The highest BCUT2D eigenvalue weighted by Crippen LogP contribution is 2.18. The van der Waals surface area contributed by atoms with Crippen molar-refractivity contribution in [1.29, 1.82) is 0 Å². The van der Waals surface area contributed by atoms with Gasteiger partial charge in [-0.1, -0.05) is 66.2 Å². The van der Waals surface area contributed by atoms with Gasteiger partial charge in [-0.25, -0.2) is 4.79 Å². The summed E-state index contributed by atoms with van der Waals surface area (Å²) in [6, 6.07) is 23.5. The smallest absolute Gasteiger partial charge is 0.338 e. The van der Waals surface area contributed by atoms with E-state index in [-0.39, 0.29) is 12.0 Å². The Balaban J connectivity index is 1.54. The molecule has 0 aliphatic rings. The van der Waals surface area contributed by atoms with E-state index in [1.54, 1.807) is 12.1 Å². The summed E-state index contributed by atoms with van der Waals surface area (Å²) in [5.74, 6) is -0.278. The van der Waals surface area contributed by atoms with Crippen LogP contribution in [0.1, 0.15) is 52.6 Å². The molecule has 168 valence electrons. The third-order valence-corrected chi connectivity index (χ3v) is 5.60. The zero-order valence-corrected chi connectivity index (χ0v) is 19.3. The Kier molecular flexibility index (Phi) is 8.86. The van der Waals surface area contributed by atoms with Gasteiger partial charge in [0, 0.05) is 17.6 Å². The first kappa shape index (κ1) is 24.0. The van der Waals surface area contributed by atoms with Crippen molar-refractivity contribution in [2.45, 2.75) is 38.8 Å². The van der Waals surface area contributed by atoms with E-state index in [9.17, 15) is 9.90 Å². The van der Waals surface area contributed by atoms with Crippen molar-refractivity contribution < 1.29 is 14.6 Å². The van der Waals surface area contributed by atoms with Crippen LogP contribution in [-0.4, -0.2) is 30.3 Å². The average Bonchev–Trinajstić information content (AvgIpc) is 2.79. The van der Waals surface area contributed by atoms with Crippen molar-refractivity contribution >= 4 is 17.6 Å². The highest BCUT2D eigenvalue weighted by atomic mass is 35.5. The summed E-state index contributed by atoms with van der Waals surface area (Å²) >= 11 is 6.01. The molecule has 0 bridgehead atoms. The second kappa shape index (κ2) is 11.8. The monoisotopic (exact) mass is 451 g/mol. The molecule has 0 radical (unpaired) electrons. The van der Waals surface area contributed by atoms with E-state index in [2.05, 4.69) is 36.5 Å². The molecule has 0 aliphatic heterocycles. The van der Waals surface area contributed by atoms with E-state index >= 15 is 0 Å². The Morgan fingerprint density at radius 2 is 1.75 bits per heavy atom. The topological polar surface area (TPSA) is 58.6 Å². The van der Waals surface area contributed by atoms with Crippen molar-refractivity contribution in [3.05, 3.63) is 106 Å². The second-order valence-electron chi connectivity index (χ2n) is 7.96. The van der Waals surface area contributed by atoms with Crippen LogP contribution in [0.4, 0.5) is 0 Å². The largest absolute Gasteiger partial charge is 0.462 e. The molecule has 3 aromatic carbocycles. The predicted molar refractivity (Wildman–Crippen MR) is 129 cm³/mol. The van der Waals surface area contributed by atoms with Crippen molar-refractivity contribution in [2.24, 2.45) is 0 Å². The number of carbonyl (C=O) groups is 1. The van der Waals surface area contributed by atoms with Crippen LogP contribution in [0.3, 0.4) is 0 Å². The number of halogens is 1. The summed E-state index contributed by atoms with van der Waals surface area (Å²) in [5, 5.41) is 14.4. The minimum atomic E-state index is -0.599.